The summed E-state index contributed by atoms with van der Waals surface area (Å²) in [5, 5.41) is 3.55. The lowest BCUT2D eigenvalue weighted by Crippen LogP contribution is -2.31. The molecule has 1 aromatic carbocycles. The summed E-state index contributed by atoms with van der Waals surface area (Å²) in [4.78, 5) is 1.10. The van der Waals surface area contributed by atoms with E-state index in [1.54, 1.807) is 18.2 Å². The predicted octanol–water partition coefficient (Wildman–Crippen LogP) is 3.84. The number of rotatable bonds is 6. The Labute approximate surface area is 116 Å². The molecule has 0 aliphatic carbocycles. The Morgan fingerprint density at radius 3 is 2.53 bits per heavy atom. The summed E-state index contributed by atoms with van der Waals surface area (Å²) >= 11 is 6.03. The maximum atomic E-state index is 12.3. The molecule has 0 saturated heterocycles. The van der Waals surface area contributed by atoms with Crippen molar-refractivity contribution in [1.82, 2.24) is 5.32 Å². The first-order valence-electron chi connectivity index (χ1n) is 6.10. The minimum absolute atomic E-state index is 0.336. The van der Waals surface area contributed by atoms with Crippen molar-refractivity contribution < 1.29 is 13.2 Å². The summed E-state index contributed by atoms with van der Waals surface area (Å²) in [6, 6.07) is 5.11. The Hall–Kier alpha value is -0.940. The minimum Gasteiger partial charge on any atom is -0.365 e. The molecule has 0 heterocycles. The molecule has 6 heteroatoms. The fourth-order valence-corrected chi connectivity index (χ4v) is 2.08. The van der Waals surface area contributed by atoms with Gasteiger partial charge in [0.15, 0.2) is 0 Å². The highest BCUT2D eigenvalue weighted by atomic mass is 35.5. The van der Waals surface area contributed by atoms with Crippen LogP contribution >= 0.6 is 11.6 Å². The third kappa shape index (κ3) is 5.70. The second-order valence-electron chi connectivity index (χ2n) is 4.43. The van der Waals surface area contributed by atoms with E-state index in [1.165, 1.54) is 7.05 Å². The van der Waals surface area contributed by atoms with Crippen LogP contribution in [0.25, 0.3) is 0 Å². The molecule has 0 unspecified atom stereocenters. The van der Waals surface area contributed by atoms with Crippen molar-refractivity contribution >= 4 is 17.3 Å². The maximum absolute atomic E-state index is 12.3. The normalized spacial score (nSPS) is 11.7. The van der Waals surface area contributed by atoms with Crippen molar-refractivity contribution in [3.8, 4) is 0 Å². The van der Waals surface area contributed by atoms with E-state index in [1.807, 2.05) is 0 Å². The zero-order chi connectivity index (χ0) is 14.5. The van der Waals surface area contributed by atoms with Gasteiger partial charge in [-0.15, -0.1) is 0 Å². The van der Waals surface area contributed by atoms with Gasteiger partial charge in [0.05, 0.1) is 10.7 Å². The summed E-state index contributed by atoms with van der Waals surface area (Å²) < 4.78 is 36.9. The monoisotopic (exact) mass is 294 g/mol. The first-order valence-corrected chi connectivity index (χ1v) is 6.48. The molecule has 0 saturated carbocycles. The Morgan fingerprint density at radius 1 is 1.32 bits per heavy atom. The van der Waals surface area contributed by atoms with Crippen LogP contribution in [-0.2, 0) is 6.54 Å². The Bertz CT molecular complexity index is 407. The molecule has 0 aliphatic heterocycles. The Balaban J connectivity index is 2.71. The zero-order valence-electron chi connectivity index (χ0n) is 11.0. The van der Waals surface area contributed by atoms with Gasteiger partial charge in [0, 0.05) is 13.6 Å². The summed E-state index contributed by atoms with van der Waals surface area (Å²) in [6.07, 6.45) is -3.21. The number of halogens is 4. The van der Waals surface area contributed by atoms with E-state index < -0.39 is 12.7 Å². The molecule has 1 aromatic rings. The largest absolute Gasteiger partial charge is 0.405 e. The quantitative estimate of drug-likeness (QED) is 0.802. The first kappa shape index (κ1) is 16.1. The van der Waals surface area contributed by atoms with Crippen LogP contribution in [0.1, 0.15) is 18.9 Å². The highest BCUT2D eigenvalue weighted by Gasteiger charge is 2.29. The molecular weight excluding hydrogens is 277 g/mol. The topological polar surface area (TPSA) is 15.3 Å². The van der Waals surface area contributed by atoms with Gasteiger partial charge in [0.25, 0.3) is 0 Å². The van der Waals surface area contributed by atoms with Crippen molar-refractivity contribution in [2.24, 2.45) is 0 Å². The lowest BCUT2D eigenvalue weighted by molar-refractivity contribution is -0.119. The number of hydrogen-bond acceptors (Lipinski definition) is 2. The molecule has 1 N–H and O–H groups in total. The van der Waals surface area contributed by atoms with Crippen molar-refractivity contribution in [2.45, 2.75) is 26.1 Å². The van der Waals surface area contributed by atoms with Crippen LogP contribution < -0.4 is 10.2 Å². The maximum Gasteiger partial charge on any atom is 0.405 e. The molecule has 0 aliphatic rings. The van der Waals surface area contributed by atoms with E-state index in [0.717, 1.165) is 23.4 Å². The van der Waals surface area contributed by atoms with Crippen molar-refractivity contribution in [2.75, 3.05) is 25.0 Å². The number of anilines is 1. The predicted molar refractivity (Wildman–Crippen MR) is 72.8 cm³/mol. The fraction of sp³-hybridized carbons (Fsp3) is 0.538. The van der Waals surface area contributed by atoms with Crippen LogP contribution in [0.4, 0.5) is 18.9 Å². The van der Waals surface area contributed by atoms with Gasteiger partial charge in [0.1, 0.15) is 6.54 Å². The Kier molecular flexibility index (Phi) is 5.94. The van der Waals surface area contributed by atoms with E-state index in [0.29, 0.717) is 17.3 Å². The van der Waals surface area contributed by atoms with Gasteiger partial charge in [-0.2, -0.15) is 13.2 Å². The highest BCUT2D eigenvalue weighted by molar-refractivity contribution is 6.33. The van der Waals surface area contributed by atoms with E-state index in [9.17, 15) is 13.2 Å². The molecule has 0 amide bonds. The molecule has 108 valence electrons. The van der Waals surface area contributed by atoms with Gasteiger partial charge in [-0.3, -0.25) is 0 Å². The van der Waals surface area contributed by atoms with Gasteiger partial charge in [0.2, 0.25) is 0 Å². The van der Waals surface area contributed by atoms with Gasteiger partial charge in [-0.1, -0.05) is 24.6 Å². The molecule has 2 nitrogen and oxygen atoms in total. The van der Waals surface area contributed by atoms with Crippen molar-refractivity contribution in [3.63, 3.8) is 0 Å². The molecule has 0 fully saturated rings. The number of alkyl halides is 3. The number of nitrogens with one attached hydrogen (secondary N) is 1. The van der Waals surface area contributed by atoms with Crippen molar-refractivity contribution in [1.29, 1.82) is 0 Å². The van der Waals surface area contributed by atoms with Gasteiger partial charge < -0.3 is 10.2 Å². The Morgan fingerprint density at radius 2 is 2.00 bits per heavy atom. The van der Waals surface area contributed by atoms with Crippen molar-refractivity contribution in [3.05, 3.63) is 28.8 Å². The van der Waals surface area contributed by atoms with Crippen LogP contribution in [0.15, 0.2) is 18.2 Å². The average Bonchev–Trinajstić information content (AvgIpc) is 2.27. The number of hydrogen-bond donors (Lipinski definition) is 1. The highest BCUT2D eigenvalue weighted by Crippen LogP contribution is 2.28. The SMILES string of the molecule is CCCNCc1ccc(N(C)CC(F)(F)F)c(Cl)c1. The third-order valence-corrected chi connectivity index (χ3v) is 2.90. The van der Waals surface area contributed by atoms with E-state index in [4.69, 9.17) is 11.6 Å². The number of benzene rings is 1. The minimum atomic E-state index is -4.24. The second-order valence-corrected chi connectivity index (χ2v) is 4.84. The van der Waals surface area contributed by atoms with Gasteiger partial charge in [-0.25, -0.2) is 0 Å². The summed E-state index contributed by atoms with van der Waals surface area (Å²) in [5.41, 5.74) is 1.35. The molecule has 1 rings (SSSR count). The lowest BCUT2D eigenvalue weighted by atomic mass is 10.2. The zero-order valence-corrected chi connectivity index (χ0v) is 11.8. The van der Waals surface area contributed by atoms with E-state index in [-0.39, 0.29) is 0 Å². The smallest absolute Gasteiger partial charge is 0.365 e. The van der Waals surface area contributed by atoms with Crippen LogP contribution in [-0.4, -0.2) is 26.3 Å². The third-order valence-electron chi connectivity index (χ3n) is 2.60. The lowest BCUT2D eigenvalue weighted by Gasteiger charge is -2.22. The fourth-order valence-electron chi connectivity index (χ4n) is 1.73. The van der Waals surface area contributed by atoms with Crippen LogP contribution in [0.2, 0.25) is 5.02 Å². The number of nitrogens with zero attached hydrogens (tertiary/aromatic N) is 1. The van der Waals surface area contributed by atoms with Crippen LogP contribution in [0.5, 0.6) is 0 Å². The van der Waals surface area contributed by atoms with Crippen LogP contribution in [0, 0.1) is 0 Å². The molecule has 0 atom stereocenters. The van der Waals surface area contributed by atoms with E-state index >= 15 is 0 Å². The molecule has 0 aromatic heterocycles. The molecular formula is C13H18ClF3N2. The molecule has 0 radical (unpaired) electrons. The summed E-state index contributed by atoms with van der Waals surface area (Å²) in [5.74, 6) is 0. The van der Waals surface area contributed by atoms with Crippen LogP contribution in [0.3, 0.4) is 0 Å². The summed E-state index contributed by atoms with van der Waals surface area (Å²) in [7, 11) is 1.38. The van der Waals surface area contributed by atoms with E-state index in [2.05, 4.69) is 12.2 Å². The average molecular weight is 295 g/mol. The first-order chi connectivity index (χ1) is 8.83. The molecule has 0 spiro atoms. The molecule has 0 bridgehead atoms. The molecule has 19 heavy (non-hydrogen) atoms. The standard InChI is InChI=1S/C13H18ClF3N2/c1-3-6-18-8-10-4-5-12(11(14)7-10)19(2)9-13(15,16)17/h4-5,7,18H,3,6,8-9H2,1-2H3. The van der Waals surface area contributed by atoms with Gasteiger partial charge in [-0.05, 0) is 30.7 Å². The second kappa shape index (κ2) is 7.01. The van der Waals surface area contributed by atoms with Gasteiger partial charge >= 0.3 is 6.18 Å². The summed E-state index contributed by atoms with van der Waals surface area (Å²) in [6.45, 7) is 2.61.